The van der Waals surface area contributed by atoms with Gasteiger partial charge in [0, 0.05) is 29.6 Å². The molecule has 2 rings (SSSR count). The summed E-state index contributed by atoms with van der Waals surface area (Å²) < 4.78 is 7.81. The van der Waals surface area contributed by atoms with Crippen LogP contribution in [-0.4, -0.2) is 38.3 Å². The van der Waals surface area contributed by atoms with Crippen molar-refractivity contribution in [3.05, 3.63) is 58.7 Å². The molecule has 0 saturated heterocycles. The lowest BCUT2D eigenvalue weighted by Gasteiger charge is -2.11. The first kappa shape index (κ1) is 21.2. The van der Waals surface area contributed by atoms with Crippen LogP contribution in [0.5, 0.6) is 5.75 Å². The SMILES string of the molecule is Cc1cc(OCCn2ccnc2C)cc(C)c1Cl.O=C(O)/C=C\C(=O)O. The zero-order valence-corrected chi connectivity index (χ0v) is 15.5. The summed E-state index contributed by atoms with van der Waals surface area (Å²) in [6.45, 7) is 7.38. The number of carboxylic acid groups (broad SMARTS) is 2. The number of halogens is 1. The minimum atomic E-state index is -1.26. The van der Waals surface area contributed by atoms with E-state index in [1.54, 1.807) is 6.20 Å². The predicted molar refractivity (Wildman–Crippen MR) is 97.8 cm³/mol. The maximum atomic E-state index is 9.55. The first-order chi connectivity index (χ1) is 12.2. The summed E-state index contributed by atoms with van der Waals surface area (Å²) in [6.07, 6.45) is 4.87. The van der Waals surface area contributed by atoms with E-state index in [1.807, 2.05) is 39.1 Å². The highest BCUT2D eigenvalue weighted by Gasteiger charge is 2.04. The zero-order chi connectivity index (χ0) is 19.7. The van der Waals surface area contributed by atoms with Gasteiger partial charge >= 0.3 is 11.9 Å². The number of aryl methyl sites for hydroxylation is 3. The van der Waals surface area contributed by atoms with Gasteiger partial charge in [0.1, 0.15) is 18.2 Å². The Labute approximate surface area is 156 Å². The fourth-order valence-electron chi connectivity index (χ4n) is 2.03. The number of carboxylic acids is 2. The first-order valence-electron chi connectivity index (χ1n) is 7.72. The van der Waals surface area contributed by atoms with Crippen molar-refractivity contribution in [2.45, 2.75) is 27.3 Å². The van der Waals surface area contributed by atoms with Gasteiger partial charge in [-0.05, 0) is 44.0 Å². The average molecular weight is 381 g/mol. The fraction of sp³-hybridized carbons (Fsp3) is 0.278. The Morgan fingerprint density at radius 3 is 2.12 bits per heavy atom. The van der Waals surface area contributed by atoms with Crippen molar-refractivity contribution in [3.8, 4) is 5.75 Å². The van der Waals surface area contributed by atoms with E-state index in [4.69, 9.17) is 26.6 Å². The van der Waals surface area contributed by atoms with Crippen molar-refractivity contribution in [1.29, 1.82) is 0 Å². The highest BCUT2D eigenvalue weighted by molar-refractivity contribution is 6.32. The number of benzene rings is 1. The van der Waals surface area contributed by atoms with Crippen molar-refractivity contribution < 1.29 is 24.5 Å². The van der Waals surface area contributed by atoms with Crippen LogP contribution in [0.3, 0.4) is 0 Å². The second kappa shape index (κ2) is 10.2. The van der Waals surface area contributed by atoms with Gasteiger partial charge in [-0.15, -0.1) is 0 Å². The number of ether oxygens (including phenoxy) is 1. The molecule has 0 aliphatic carbocycles. The Morgan fingerprint density at radius 1 is 1.15 bits per heavy atom. The zero-order valence-electron chi connectivity index (χ0n) is 14.8. The summed E-state index contributed by atoms with van der Waals surface area (Å²) in [7, 11) is 0. The van der Waals surface area contributed by atoms with Gasteiger partial charge in [-0.2, -0.15) is 0 Å². The van der Waals surface area contributed by atoms with Gasteiger partial charge in [-0.25, -0.2) is 14.6 Å². The number of nitrogens with zero attached hydrogens (tertiary/aromatic N) is 2. The first-order valence-corrected chi connectivity index (χ1v) is 8.09. The summed E-state index contributed by atoms with van der Waals surface area (Å²) in [4.78, 5) is 23.3. The second-order valence-corrected chi connectivity index (χ2v) is 5.78. The van der Waals surface area contributed by atoms with E-state index in [-0.39, 0.29) is 0 Å². The Bertz CT molecular complexity index is 760. The van der Waals surface area contributed by atoms with Gasteiger partial charge in [0.15, 0.2) is 0 Å². The monoisotopic (exact) mass is 380 g/mol. The van der Waals surface area contributed by atoms with E-state index in [9.17, 15) is 9.59 Å². The second-order valence-electron chi connectivity index (χ2n) is 5.40. The van der Waals surface area contributed by atoms with Crippen molar-refractivity contribution in [2.75, 3.05) is 6.61 Å². The average Bonchev–Trinajstić information content (AvgIpc) is 2.96. The Morgan fingerprint density at radius 2 is 1.69 bits per heavy atom. The summed E-state index contributed by atoms with van der Waals surface area (Å²) >= 11 is 6.12. The van der Waals surface area contributed by atoms with Gasteiger partial charge < -0.3 is 19.5 Å². The van der Waals surface area contributed by atoms with Gasteiger partial charge in [0.05, 0.1) is 6.54 Å². The molecule has 1 aromatic carbocycles. The van der Waals surface area contributed by atoms with Gasteiger partial charge in [0.2, 0.25) is 0 Å². The molecule has 0 amide bonds. The Kier molecular flexibility index (Phi) is 8.37. The van der Waals surface area contributed by atoms with E-state index in [0.717, 1.165) is 34.3 Å². The molecule has 1 heterocycles. The smallest absolute Gasteiger partial charge is 0.328 e. The topological polar surface area (TPSA) is 102 Å². The molecule has 140 valence electrons. The van der Waals surface area contributed by atoms with Crippen LogP contribution in [0.1, 0.15) is 17.0 Å². The molecule has 0 aliphatic rings. The van der Waals surface area contributed by atoms with Crippen LogP contribution in [0, 0.1) is 20.8 Å². The number of imidazole rings is 1. The van der Waals surface area contributed by atoms with Crippen LogP contribution in [0.25, 0.3) is 0 Å². The molecule has 0 fully saturated rings. The molecule has 2 aromatic rings. The number of carbonyl (C=O) groups is 2. The summed E-state index contributed by atoms with van der Waals surface area (Å²) in [6, 6.07) is 3.94. The maximum Gasteiger partial charge on any atom is 0.328 e. The molecular weight excluding hydrogens is 360 g/mol. The molecule has 0 atom stereocenters. The van der Waals surface area contributed by atoms with Crippen molar-refractivity contribution >= 4 is 23.5 Å². The van der Waals surface area contributed by atoms with Gasteiger partial charge in [-0.3, -0.25) is 0 Å². The molecule has 26 heavy (non-hydrogen) atoms. The number of hydrogen-bond donors (Lipinski definition) is 2. The van der Waals surface area contributed by atoms with Crippen LogP contribution in [0.4, 0.5) is 0 Å². The van der Waals surface area contributed by atoms with E-state index < -0.39 is 11.9 Å². The lowest BCUT2D eigenvalue weighted by Crippen LogP contribution is -2.09. The summed E-state index contributed by atoms with van der Waals surface area (Å²) in [5.74, 6) is -0.644. The molecule has 0 unspecified atom stereocenters. The quantitative estimate of drug-likeness (QED) is 0.746. The Balaban J connectivity index is 0.000000359. The molecule has 0 aliphatic heterocycles. The highest BCUT2D eigenvalue weighted by atomic mass is 35.5. The minimum absolute atomic E-state index is 0.558. The van der Waals surface area contributed by atoms with Crippen molar-refractivity contribution in [1.82, 2.24) is 9.55 Å². The molecule has 1 aromatic heterocycles. The third kappa shape index (κ3) is 7.40. The van der Waals surface area contributed by atoms with Gasteiger partial charge in [0.25, 0.3) is 0 Å². The molecule has 0 spiro atoms. The number of rotatable bonds is 6. The van der Waals surface area contributed by atoms with E-state index >= 15 is 0 Å². The van der Waals surface area contributed by atoms with Gasteiger partial charge in [-0.1, -0.05) is 11.6 Å². The van der Waals surface area contributed by atoms with Crippen LogP contribution in [-0.2, 0) is 16.1 Å². The third-order valence-electron chi connectivity index (χ3n) is 3.30. The Hall–Kier alpha value is -2.80. The maximum absolute atomic E-state index is 9.55. The van der Waals surface area contributed by atoms with Crippen LogP contribution in [0.2, 0.25) is 5.02 Å². The summed E-state index contributed by atoms with van der Waals surface area (Å²) in [5.41, 5.74) is 2.09. The lowest BCUT2D eigenvalue weighted by molar-refractivity contribution is -0.134. The molecule has 0 bridgehead atoms. The van der Waals surface area contributed by atoms with Crippen LogP contribution < -0.4 is 4.74 Å². The fourth-order valence-corrected chi connectivity index (χ4v) is 2.14. The molecule has 8 heteroatoms. The van der Waals surface area contributed by atoms with Crippen molar-refractivity contribution in [3.63, 3.8) is 0 Å². The predicted octanol–water partition coefficient (Wildman–Crippen LogP) is 3.25. The van der Waals surface area contributed by atoms with Crippen LogP contribution in [0.15, 0.2) is 36.7 Å². The molecule has 0 saturated carbocycles. The minimum Gasteiger partial charge on any atom is -0.492 e. The number of aliphatic carboxylic acids is 2. The van der Waals surface area contributed by atoms with E-state index in [0.29, 0.717) is 18.8 Å². The normalized spacial score (nSPS) is 10.3. The number of hydrogen-bond acceptors (Lipinski definition) is 4. The molecule has 7 nitrogen and oxygen atoms in total. The molecular formula is C18H21ClN2O5. The third-order valence-corrected chi connectivity index (χ3v) is 3.90. The number of aromatic nitrogens is 2. The molecule has 2 N–H and O–H groups in total. The van der Waals surface area contributed by atoms with E-state index in [1.165, 1.54) is 0 Å². The van der Waals surface area contributed by atoms with Crippen molar-refractivity contribution in [2.24, 2.45) is 0 Å². The van der Waals surface area contributed by atoms with E-state index in [2.05, 4.69) is 9.55 Å². The lowest BCUT2D eigenvalue weighted by atomic mass is 10.1. The summed E-state index contributed by atoms with van der Waals surface area (Å²) in [5, 5.41) is 16.4. The van der Waals surface area contributed by atoms with Crippen LogP contribution >= 0.6 is 11.6 Å². The molecule has 0 radical (unpaired) electrons. The standard InChI is InChI=1S/C14H17ClN2O.C4H4O4/c1-10-8-13(9-11(2)14(10)15)18-7-6-17-5-4-16-12(17)3;5-3(6)1-2-4(7)8/h4-5,8-9H,6-7H2,1-3H3;1-2H,(H,5,6)(H,7,8)/b;2-1-. The highest BCUT2D eigenvalue weighted by Crippen LogP contribution is 2.25. The largest absolute Gasteiger partial charge is 0.492 e.